The molecular formula is C17H26FN3O2. The normalized spacial score (nSPS) is 20.2. The van der Waals surface area contributed by atoms with Gasteiger partial charge in [-0.15, -0.1) is 0 Å². The third-order valence-electron chi connectivity index (χ3n) is 3.93. The summed E-state index contributed by atoms with van der Waals surface area (Å²) in [5.74, 6) is -0.575. The first-order valence-electron chi connectivity index (χ1n) is 7.98. The second-order valence-corrected chi connectivity index (χ2v) is 6.81. The molecule has 1 aromatic rings. The zero-order valence-corrected chi connectivity index (χ0v) is 14.0. The molecule has 0 saturated carbocycles. The van der Waals surface area contributed by atoms with E-state index in [2.05, 4.69) is 5.32 Å². The smallest absolute Gasteiger partial charge is 0.410 e. The predicted molar refractivity (Wildman–Crippen MR) is 87.8 cm³/mol. The summed E-state index contributed by atoms with van der Waals surface area (Å²) >= 11 is 0. The van der Waals surface area contributed by atoms with Crippen LogP contribution >= 0.6 is 0 Å². The van der Waals surface area contributed by atoms with Crippen LogP contribution in [-0.2, 0) is 4.74 Å². The second kappa shape index (κ2) is 7.27. The van der Waals surface area contributed by atoms with Gasteiger partial charge in [0.05, 0.1) is 6.04 Å². The van der Waals surface area contributed by atoms with Crippen LogP contribution in [0.15, 0.2) is 24.3 Å². The van der Waals surface area contributed by atoms with E-state index in [1.54, 1.807) is 23.1 Å². The lowest BCUT2D eigenvalue weighted by molar-refractivity contribution is 0.00899. The van der Waals surface area contributed by atoms with Crippen LogP contribution < -0.4 is 11.1 Å². The molecule has 0 radical (unpaired) electrons. The number of nitrogens with zero attached hydrogens (tertiary/aromatic N) is 1. The van der Waals surface area contributed by atoms with Gasteiger partial charge in [-0.1, -0.05) is 18.2 Å². The average Bonchev–Trinajstić information content (AvgIpc) is 2.48. The number of carbonyl (C=O) groups excluding carboxylic acids is 1. The Bertz CT molecular complexity index is 545. The average molecular weight is 323 g/mol. The molecule has 1 aliphatic heterocycles. The van der Waals surface area contributed by atoms with Crippen molar-refractivity contribution in [2.45, 2.75) is 38.3 Å². The monoisotopic (exact) mass is 323 g/mol. The van der Waals surface area contributed by atoms with Crippen molar-refractivity contribution >= 4 is 6.09 Å². The summed E-state index contributed by atoms with van der Waals surface area (Å²) < 4.78 is 19.7. The summed E-state index contributed by atoms with van der Waals surface area (Å²) in [5.41, 5.74) is 5.89. The molecule has 3 N–H and O–H groups in total. The molecular weight excluding hydrogens is 297 g/mol. The number of rotatable bonds is 3. The van der Waals surface area contributed by atoms with Crippen molar-refractivity contribution in [3.63, 3.8) is 0 Å². The highest BCUT2D eigenvalue weighted by atomic mass is 19.1. The van der Waals surface area contributed by atoms with Crippen molar-refractivity contribution in [1.29, 1.82) is 0 Å². The molecule has 1 amide bonds. The summed E-state index contributed by atoms with van der Waals surface area (Å²) in [6.45, 7) is 7.52. The van der Waals surface area contributed by atoms with E-state index < -0.39 is 5.60 Å². The van der Waals surface area contributed by atoms with E-state index in [1.165, 1.54) is 6.07 Å². The maximum atomic E-state index is 14.2. The van der Waals surface area contributed by atoms with Crippen molar-refractivity contribution in [2.75, 3.05) is 26.2 Å². The molecule has 5 nitrogen and oxygen atoms in total. The van der Waals surface area contributed by atoms with E-state index in [-0.39, 0.29) is 30.4 Å². The first kappa shape index (κ1) is 17.7. The van der Waals surface area contributed by atoms with Crippen molar-refractivity contribution in [1.82, 2.24) is 10.2 Å². The van der Waals surface area contributed by atoms with Gasteiger partial charge >= 0.3 is 6.09 Å². The molecule has 23 heavy (non-hydrogen) atoms. The molecule has 0 aromatic heterocycles. The Labute approximate surface area is 137 Å². The van der Waals surface area contributed by atoms with E-state index >= 15 is 0 Å². The number of hydrogen-bond donors (Lipinski definition) is 2. The summed E-state index contributed by atoms with van der Waals surface area (Å²) in [7, 11) is 0. The Morgan fingerprint density at radius 3 is 2.78 bits per heavy atom. The summed E-state index contributed by atoms with van der Waals surface area (Å²) in [4.78, 5) is 14.2. The predicted octanol–water partition coefficient (Wildman–Crippen LogP) is 2.08. The van der Waals surface area contributed by atoms with Crippen LogP contribution in [0.1, 0.15) is 32.3 Å². The number of halogens is 1. The minimum atomic E-state index is -0.567. The quantitative estimate of drug-likeness (QED) is 0.894. The van der Waals surface area contributed by atoms with Crippen molar-refractivity contribution < 1.29 is 13.9 Å². The van der Waals surface area contributed by atoms with Crippen LogP contribution in [0.25, 0.3) is 0 Å². The van der Waals surface area contributed by atoms with Crippen LogP contribution in [0.2, 0.25) is 0 Å². The van der Waals surface area contributed by atoms with E-state index in [0.29, 0.717) is 25.2 Å². The van der Waals surface area contributed by atoms with E-state index in [1.807, 2.05) is 20.8 Å². The molecule has 1 aliphatic rings. The largest absolute Gasteiger partial charge is 0.444 e. The SMILES string of the molecule is CC(C)(C)OC(=O)N1CCNCC1C(CN)c1ccccc1F. The number of nitrogens with one attached hydrogen (secondary N) is 1. The lowest BCUT2D eigenvalue weighted by Gasteiger charge is -2.41. The number of hydrogen-bond acceptors (Lipinski definition) is 4. The maximum absolute atomic E-state index is 14.2. The summed E-state index contributed by atoms with van der Waals surface area (Å²) in [5, 5.41) is 3.26. The van der Waals surface area contributed by atoms with Crippen LogP contribution in [0.5, 0.6) is 0 Å². The van der Waals surface area contributed by atoms with Gasteiger partial charge in [0.15, 0.2) is 0 Å². The lowest BCUT2D eigenvalue weighted by Crippen LogP contribution is -2.57. The first-order chi connectivity index (χ1) is 10.8. The molecule has 6 heteroatoms. The third-order valence-corrected chi connectivity index (χ3v) is 3.93. The lowest BCUT2D eigenvalue weighted by atomic mass is 9.89. The van der Waals surface area contributed by atoms with Gasteiger partial charge in [-0.25, -0.2) is 9.18 Å². The Balaban J connectivity index is 2.25. The zero-order valence-electron chi connectivity index (χ0n) is 14.0. The fraction of sp³-hybridized carbons (Fsp3) is 0.588. The van der Waals surface area contributed by atoms with E-state index in [4.69, 9.17) is 10.5 Å². The number of ether oxygens (including phenoxy) is 1. The number of nitrogens with two attached hydrogens (primary N) is 1. The minimum absolute atomic E-state index is 0.236. The molecule has 1 fully saturated rings. The maximum Gasteiger partial charge on any atom is 0.410 e. The first-order valence-corrected chi connectivity index (χ1v) is 7.98. The number of carbonyl (C=O) groups is 1. The summed E-state index contributed by atoms with van der Waals surface area (Å²) in [6, 6.07) is 6.35. The van der Waals surface area contributed by atoms with Crippen LogP contribution in [-0.4, -0.2) is 48.8 Å². The Morgan fingerprint density at radius 2 is 2.17 bits per heavy atom. The molecule has 2 rings (SSSR count). The Morgan fingerprint density at radius 1 is 1.48 bits per heavy atom. The van der Waals surface area contributed by atoms with Gasteiger partial charge in [0.2, 0.25) is 0 Å². The minimum Gasteiger partial charge on any atom is -0.444 e. The molecule has 128 valence electrons. The molecule has 0 spiro atoms. The number of amides is 1. The van der Waals surface area contributed by atoms with Gasteiger partial charge in [-0.3, -0.25) is 0 Å². The van der Waals surface area contributed by atoms with Gasteiger partial charge in [-0.2, -0.15) is 0 Å². The molecule has 1 saturated heterocycles. The fourth-order valence-electron chi connectivity index (χ4n) is 2.90. The van der Waals surface area contributed by atoms with Gasteiger partial charge in [0.25, 0.3) is 0 Å². The second-order valence-electron chi connectivity index (χ2n) is 6.81. The van der Waals surface area contributed by atoms with Crippen molar-refractivity contribution in [3.8, 4) is 0 Å². The molecule has 2 unspecified atom stereocenters. The Hall–Kier alpha value is -1.66. The molecule has 1 heterocycles. The molecule has 0 bridgehead atoms. The highest BCUT2D eigenvalue weighted by Gasteiger charge is 2.36. The van der Waals surface area contributed by atoms with Crippen LogP contribution in [0.4, 0.5) is 9.18 Å². The summed E-state index contributed by atoms with van der Waals surface area (Å²) in [6.07, 6.45) is -0.376. The van der Waals surface area contributed by atoms with Gasteiger partial charge in [0.1, 0.15) is 11.4 Å². The number of benzene rings is 1. The highest BCUT2D eigenvalue weighted by molar-refractivity contribution is 5.69. The van der Waals surface area contributed by atoms with Crippen LogP contribution in [0.3, 0.4) is 0 Å². The zero-order chi connectivity index (χ0) is 17.0. The van der Waals surface area contributed by atoms with Gasteiger partial charge in [0, 0.05) is 32.1 Å². The van der Waals surface area contributed by atoms with Gasteiger partial charge in [-0.05, 0) is 32.4 Å². The van der Waals surface area contributed by atoms with Gasteiger partial charge < -0.3 is 20.7 Å². The number of piperazine rings is 1. The fourth-order valence-corrected chi connectivity index (χ4v) is 2.90. The Kier molecular flexibility index (Phi) is 5.59. The third kappa shape index (κ3) is 4.42. The van der Waals surface area contributed by atoms with Crippen molar-refractivity contribution in [2.24, 2.45) is 5.73 Å². The van der Waals surface area contributed by atoms with Crippen LogP contribution in [0, 0.1) is 5.82 Å². The van der Waals surface area contributed by atoms with Crippen molar-refractivity contribution in [3.05, 3.63) is 35.6 Å². The molecule has 2 atom stereocenters. The standard InChI is InChI=1S/C17H26FN3O2/c1-17(2,3)23-16(22)21-9-8-20-11-15(21)13(10-19)12-6-4-5-7-14(12)18/h4-7,13,15,20H,8-11,19H2,1-3H3. The topological polar surface area (TPSA) is 67.6 Å². The highest BCUT2D eigenvalue weighted by Crippen LogP contribution is 2.27. The van der Waals surface area contributed by atoms with E-state index in [0.717, 1.165) is 0 Å². The molecule has 0 aliphatic carbocycles. The van der Waals surface area contributed by atoms with E-state index in [9.17, 15) is 9.18 Å². The molecule has 1 aromatic carbocycles.